The molecule has 23 heavy (non-hydrogen) atoms. The van der Waals surface area contributed by atoms with Gasteiger partial charge >= 0.3 is 0 Å². The van der Waals surface area contributed by atoms with Crippen LogP contribution in [0.25, 0.3) is 11.4 Å². The molecule has 7 nitrogen and oxygen atoms in total. The topological polar surface area (TPSA) is 72.3 Å². The number of carbonyl (C=O) groups excluding carboxylic acids is 1. The molecule has 7 heteroatoms. The lowest BCUT2D eigenvalue weighted by Crippen LogP contribution is -2.43. The molecule has 1 N–H and O–H groups in total. The van der Waals surface area contributed by atoms with E-state index < -0.39 is 0 Å². The highest BCUT2D eigenvalue weighted by molar-refractivity contribution is 5.78. The molecule has 0 saturated heterocycles. The van der Waals surface area contributed by atoms with Gasteiger partial charge in [-0.25, -0.2) is 0 Å². The van der Waals surface area contributed by atoms with E-state index in [4.69, 9.17) is 4.74 Å². The van der Waals surface area contributed by atoms with Gasteiger partial charge in [-0.3, -0.25) is 4.79 Å². The fourth-order valence-corrected chi connectivity index (χ4v) is 2.65. The van der Waals surface area contributed by atoms with Crippen LogP contribution >= 0.6 is 0 Å². The molecule has 3 rings (SSSR count). The van der Waals surface area contributed by atoms with Crippen molar-refractivity contribution in [3.63, 3.8) is 0 Å². The predicted molar refractivity (Wildman–Crippen MR) is 85.6 cm³/mol. The number of hydrogen-bond donors (Lipinski definition) is 1. The van der Waals surface area contributed by atoms with E-state index >= 15 is 0 Å². The number of hydrogen-bond acceptors (Lipinski definition) is 5. The number of fused-ring (bicyclic) bond motifs is 1. The van der Waals surface area contributed by atoms with Gasteiger partial charge in [0.15, 0.2) is 11.6 Å². The number of nitrogens with one attached hydrogen (secondary N) is 1. The van der Waals surface area contributed by atoms with Gasteiger partial charge in [-0.2, -0.15) is 0 Å². The zero-order valence-electron chi connectivity index (χ0n) is 13.2. The highest BCUT2D eigenvalue weighted by Gasteiger charge is 2.24. The largest absolute Gasteiger partial charge is 0.383 e. The van der Waals surface area contributed by atoms with Crippen molar-refractivity contribution in [2.45, 2.75) is 13.1 Å². The number of nitrogens with zero attached hydrogens (tertiary/aromatic N) is 4. The van der Waals surface area contributed by atoms with Crippen LogP contribution in [0.1, 0.15) is 5.82 Å². The van der Waals surface area contributed by atoms with Crippen LogP contribution < -0.4 is 5.32 Å². The van der Waals surface area contributed by atoms with E-state index in [1.807, 2.05) is 35.2 Å². The summed E-state index contributed by atoms with van der Waals surface area (Å²) < 4.78 is 7.05. The second-order valence-electron chi connectivity index (χ2n) is 5.44. The Morgan fingerprint density at radius 1 is 1.26 bits per heavy atom. The molecule has 0 unspecified atom stereocenters. The second kappa shape index (κ2) is 7.34. The van der Waals surface area contributed by atoms with Crippen molar-refractivity contribution in [1.29, 1.82) is 0 Å². The van der Waals surface area contributed by atoms with E-state index in [9.17, 15) is 4.79 Å². The summed E-state index contributed by atoms with van der Waals surface area (Å²) in [5, 5.41) is 11.6. The Balaban J connectivity index is 1.64. The van der Waals surface area contributed by atoms with Crippen molar-refractivity contribution >= 4 is 5.91 Å². The molecule has 122 valence electrons. The fourth-order valence-electron chi connectivity index (χ4n) is 2.65. The van der Waals surface area contributed by atoms with E-state index in [0.29, 0.717) is 32.8 Å². The van der Waals surface area contributed by atoms with Crippen LogP contribution in [0.2, 0.25) is 0 Å². The number of carbonyl (C=O) groups is 1. The Morgan fingerprint density at radius 2 is 2.09 bits per heavy atom. The first-order chi connectivity index (χ1) is 11.3. The minimum Gasteiger partial charge on any atom is -0.383 e. The molecular weight excluding hydrogens is 294 g/mol. The van der Waals surface area contributed by atoms with Crippen molar-refractivity contribution in [2.24, 2.45) is 0 Å². The minimum absolute atomic E-state index is 0.0802. The lowest BCUT2D eigenvalue weighted by atomic mass is 10.2. The summed E-state index contributed by atoms with van der Waals surface area (Å²) in [5.74, 6) is 1.78. The maximum absolute atomic E-state index is 12.2. The third kappa shape index (κ3) is 3.57. The highest BCUT2D eigenvalue weighted by Crippen LogP contribution is 2.21. The Morgan fingerprint density at radius 3 is 2.87 bits per heavy atom. The summed E-state index contributed by atoms with van der Waals surface area (Å²) in [6.45, 7) is 3.49. The smallest absolute Gasteiger partial charge is 0.236 e. The van der Waals surface area contributed by atoms with Crippen LogP contribution in [-0.4, -0.2) is 58.9 Å². The molecule has 1 aromatic heterocycles. The van der Waals surface area contributed by atoms with Crippen molar-refractivity contribution in [2.75, 3.05) is 33.4 Å². The van der Waals surface area contributed by atoms with Crippen LogP contribution in [0.3, 0.4) is 0 Å². The molecule has 2 aromatic rings. The molecule has 0 spiro atoms. The first-order valence-electron chi connectivity index (χ1n) is 7.74. The van der Waals surface area contributed by atoms with E-state index in [2.05, 4.69) is 20.1 Å². The molecule has 1 aliphatic rings. The average Bonchev–Trinajstić information content (AvgIpc) is 3.02. The van der Waals surface area contributed by atoms with Crippen LogP contribution in [0.15, 0.2) is 30.3 Å². The molecular formula is C16H21N5O2. The number of aromatic nitrogens is 3. The van der Waals surface area contributed by atoms with Gasteiger partial charge in [0, 0.05) is 32.3 Å². The van der Waals surface area contributed by atoms with Gasteiger partial charge < -0.3 is 19.5 Å². The molecule has 1 aliphatic heterocycles. The van der Waals surface area contributed by atoms with Crippen LogP contribution in [0.5, 0.6) is 0 Å². The molecule has 0 radical (unpaired) electrons. The highest BCUT2D eigenvalue weighted by atomic mass is 16.5. The van der Waals surface area contributed by atoms with Gasteiger partial charge in [-0.05, 0) is 0 Å². The quantitative estimate of drug-likeness (QED) is 0.787. The lowest BCUT2D eigenvalue weighted by Gasteiger charge is -2.28. The normalized spacial score (nSPS) is 13.9. The molecule has 2 heterocycles. The van der Waals surface area contributed by atoms with E-state index in [-0.39, 0.29) is 5.91 Å². The summed E-state index contributed by atoms with van der Waals surface area (Å²) in [7, 11) is 1.64. The number of rotatable bonds is 6. The maximum atomic E-state index is 12.2. The molecule has 0 saturated carbocycles. The fraction of sp³-hybridized carbons (Fsp3) is 0.438. The number of benzene rings is 1. The van der Waals surface area contributed by atoms with Gasteiger partial charge in [-0.15, -0.1) is 10.2 Å². The average molecular weight is 315 g/mol. The second-order valence-corrected chi connectivity index (χ2v) is 5.44. The molecule has 0 aliphatic carbocycles. The standard InChI is InChI=1S/C16H21N5O2/c1-23-10-7-17-11-15(22)20-8-9-21-14(12-20)18-19-16(21)13-5-3-2-4-6-13/h2-6,17H,7-12H2,1H3. The van der Waals surface area contributed by atoms with Gasteiger partial charge in [0.25, 0.3) is 0 Å². The third-order valence-electron chi connectivity index (χ3n) is 3.90. The van der Waals surface area contributed by atoms with Crippen molar-refractivity contribution in [3.05, 3.63) is 36.2 Å². The van der Waals surface area contributed by atoms with Crippen LogP contribution in [-0.2, 0) is 22.6 Å². The number of ether oxygens (including phenoxy) is 1. The molecule has 1 amide bonds. The van der Waals surface area contributed by atoms with E-state index in [1.165, 1.54) is 0 Å². The lowest BCUT2D eigenvalue weighted by molar-refractivity contribution is -0.131. The maximum Gasteiger partial charge on any atom is 0.236 e. The molecule has 0 atom stereocenters. The summed E-state index contributed by atoms with van der Waals surface area (Å²) >= 11 is 0. The van der Waals surface area contributed by atoms with Crippen molar-refractivity contribution in [3.8, 4) is 11.4 Å². The Labute approximate surface area is 135 Å². The van der Waals surface area contributed by atoms with E-state index in [1.54, 1.807) is 7.11 Å². The summed E-state index contributed by atoms with van der Waals surface area (Å²) in [4.78, 5) is 14.0. The SMILES string of the molecule is COCCNCC(=O)N1CCn2c(nnc2-c2ccccc2)C1. The van der Waals surface area contributed by atoms with Crippen LogP contribution in [0, 0.1) is 0 Å². The Kier molecular flexibility index (Phi) is 4.99. The van der Waals surface area contributed by atoms with E-state index in [0.717, 1.165) is 23.8 Å². The molecule has 1 aromatic carbocycles. The van der Waals surface area contributed by atoms with Gasteiger partial charge in [0.2, 0.25) is 5.91 Å². The first-order valence-corrected chi connectivity index (χ1v) is 7.74. The van der Waals surface area contributed by atoms with Crippen molar-refractivity contribution < 1.29 is 9.53 Å². The summed E-state index contributed by atoms with van der Waals surface area (Å²) in [6.07, 6.45) is 0. The predicted octanol–water partition coefficient (Wildman–Crippen LogP) is 0.523. The Hall–Kier alpha value is -2.25. The van der Waals surface area contributed by atoms with Gasteiger partial charge in [0.05, 0.1) is 19.7 Å². The molecule has 0 fully saturated rings. The molecule has 0 bridgehead atoms. The van der Waals surface area contributed by atoms with Crippen LogP contribution in [0.4, 0.5) is 0 Å². The first kappa shape index (κ1) is 15.6. The monoisotopic (exact) mass is 315 g/mol. The minimum atomic E-state index is 0.0802. The zero-order valence-corrected chi connectivity index (χ0v) is 13.2. The van der Waals surface area contributed by atoms with Gasteiger partial charge in [-0.1, -0.05) is 30.3 Å². The summed E-state index contributed by atoms with van der Waals surface area (Å²) in [5.41, 5.74) is 1.05. The summed E-state index contributed by atoms with van der Waals surface area (Å²) in [6, 6.07) is 10.00. The third-order valence-corrected chi connectivity index (χ3v) is 3.90. The number of amides is 1. The Bertz CT molecular complexity index is 656. The number of methoxy groups -OCH3 is 1. The zero-order chi connectivity index (χ0) is 16.1. The van der Waals surface area contributed by atoms with Gasteiger partial charge in [0.1, 0.15) is 0 Å². The van der Waals surface area contributed by atoms with Crippen molar-refractivity contribution in [1.82, 2.24) is 25.0 Å².